The molecule has 0 spiro atoms. The molecule has 0 unspecified atom stereocenters. The summed E-state index contributed by atoms with van der Waals surface area (Å²) >= 11 is 1.65. The van der Waals surface area contributed by atoms with Crippen LogP contribution < -0.4 is 10.5 Å². The predicted octanol–water partition coefficient (Wildman–Crippen LogP) is 3.60. The van der Waals surface area contributed by atoms with Crippen molar-refractivity contribution < 1.29 is 4.74 Å². The zero-order valence-electron chi connectivity index (χ0n) is 10.5. The molecule has 1 heterocycles. The molecular formula is C14H16N2OS. The molecule has 0 saturated heterocycles. The van der Waals surface area contributed by atoms with Gasteiger partial charge in [-0.25, -0.2) is 4.98 Å². The van der Waals surface area contributed by atoms with Crippen LogP contribution in [-0.2, 0) is 0 Å². The monoisotopic (exact) mass is 260 g/mol. The van der Waals surface area contributed by atoms with E-state index in [0.717, 1.165) is 15.5 Å². The Kier molecular flexibility index (Phi) is 4.10. The highest BCUT2D eigenvalue weighted by Crippen LogP contribution is 2.28. The topological polar surface area (TPSA) is 48.1 Å². The van der Waals surface area contributed by atoms with Gasteiger partial charge in [0.15, 0.2) is 0 Å². The van der Waals surface area contributed by atoms with Gasteiger partial charge in [0, 0.05) is 16.0 Å². The average Bonchev–Trinajstić information content (AvgIpc) is 2.34. The number of benzene rings is 1. The summed E-state index contributed by atoms with van der Waals surface area (Å²) in [6.07, 6.45) is 1.98. The van der Waals surface area contributed by atoms with Gasteiger partial charge >= 0.3 is 0 Å². The number of nitrogens with two attached hydrogens (primary N) is 1. The Morgan fingerprint density at radius 3 is 2.28 bits per heavy atom. The second-order valence-corrected chi connectivity index (χ2v) is 5.31. The quantitative estimate of drug-likeness (QED) is 0.912. The minimum atomic E-state index is 0.199. The van der Waals surface area contributed by atoms with Crippen LogP contribution in [0.2, 0.25) is 0 Å². The fraction of sp³-hybridized carbons (Fsp3) is 0.214. The number of nitrogens with zero attached hydrogens (tertiary/aromatic N) is 1. The van der Waals surface area contributed by atoms with Crippen LogP contribution in [0.5, 0.6) is 5.75 Å². The van der Waals surface area contributed by atoms with Crippen molar-refractivity contribution >= 4 is 17.6 Å². The standard InChI is InChI=1S/C14H16N2OS/c1-10(2)17-11-3-5-12(6-4-11)18-13-7-8-14(15)16-9-13/h3-10H,1-2H3,(H2,15,16). The number of rotatable bonds is 4. The van der Waals surface area contributed by atoms with E-state index in [2.05, 4.69) is 4.98 Å². The third kappa shape index (κ3) is 3.67. The first-order valence-corrected chi connectivity index (χ1v) is 6.61. The van der Waals surface area contributed by atoms with Gasteiger partial charge in [0.1, 0.15) is 11.6 Å². The average molecular weight is 260 g/mol. The van der Waals surface area contributed by atoms with Gasteiger partial charge in [-0.3, -0.25) is 0 Å². The van der Waals surface area contributed by atoms with Crippen molar-refractivity contribution in [2.45, 2.75) is 29.7 Å². The van der Waals surface area contributed by atoms with Crippen molar-refractivity contribution in [1.29, 1.82) is 0 Å². The molecule has 0 bridgehead atoms. The van der Waals surface area contributed by atoms with Crippen LogP contribution in [0.4, 0.5) is 5.82 Å². The summed E-state index contributed by atoms with van der Waals surface area (Å²) in [7, 11) is 0. The Balaban J connectivity index is 2.04. The molecule has 0 aliphatic rings. The van der Waals surface area contributed by atoms with Crippen molar-refractivity contribution in [3.8, 4) is 5.75 Å². The summed E-state index contributed by atoms with van der Waals surface area (Å²) in [5.41, 5.74) is 5.55. The van der Waals surface area contributed by atoms with E-state index >= 15 is 0 Å². The third-order valence-corrected chi connectivity index (χ3v) is 3.18. The van der Waals surface area contributed by atoms with E-state index in [9.17, 15) is 0 Å². The first-order chi connectivity index (χ1) is 8.63. The van der Waals surface area contributed by atoms with Crippen LogP contribution in [0.1, 0.15) is 13.8 Å². The minimum absolute atomic E-state index is 0.199. The van der Waals surface area contributed by atoms with Crippen LogP contribution in [0.3, 0.4) is 0 Å². The van der Waals surface area contributed by atoms with Gasteiger partial charge in [-0.2, -0.15) is 0 Å². The molecule has 94 valence electrons. The first-order valence-electron chi connectivity index (χ1n) is 5.79. The maximum absolute atomic E-state index is 5.60. The lowest BCUT2D eigenvalue weighted by atomic mass is 10.3. The van der Waals surface area contributed by atoms with Crippen LogP contribution in [0.15, 0.2) is 52.4 Å². The lowest BCUT2D eigenvalue weighted by molar-refractivity contribution is 0.242. The molecule has 2 aromatic rings. The number of hydrogen-bond acceptors (Lipinski definition) is 4. The van der Waals surface area contributed by atoms with Crippen LogP contribution in [0.25, 0.3) is 0 Å². The van der Waals surface area contributed by atoms with Gasteiger partial charge in [0.05, 0.1) is 6.10 Å². The smallest absolute Gasteiger partial charge is 0.123 e. The van der Waals surface area contributed by atoms with Gasteiger partial charge < -0.3 is 10.5 Å². The Bertz CT molecular complexity index is 494. The molecule has 4 heteroatoms. The number of anilines is 1. The molecule has 2 rings (SSSR count). The number of pyridine rings is 1. The number of ether oxygens (including phenoxy) is 1. The summed E-state index contributed by atoms with van der Waals surface area (Å²) in [6.45, 7) is 4.03. The fourth-order valence-electron chi connectivity index (χ4n) is 1.45. The zero-order chi connectivity index (χ0) is 13.0. The molecule has 0 amide bonds. The highest BCUT2D eigenvalue weighted by atomic mass is 32.2. The first kappa shape index (κ1) is 12.8. The third-order valence-electron chi connectivity index (χ3n) is 2.19. The normalized spacial score (nSPS) is 10.6. The van der Waals surface area contributed by atoms with Crippen molar-refractivity contribution in [2.24, 2.45) is 0 Å². The van der Waals surface area contributed by atoms with Crippen LogP contribution >= 0.6 is 11.8 Å². The second kappa shape index (κ2) is 5.78. The summed E-state index contributed by atoms with van der Waals surface area (Å²) in [4.78, 5) is 6.29. The van der Waals surface area contributed by atoms with E-state index in [-0.39, 0.29) is 6.10 Å². The highest BCUT2D eigenvalue weighted by Gasteiger charge is 2.00. The molecule has 0 radical (unpaired) electrons. The summed E-state index contributed by atoms with van der Waals surface area (Å²) in [6, 6.07) is 11.8. The van der Waals surface area contributed by atoms with Gasteiger partial charge in [-0.15, -0.1) is 0 Å². The highest BCUT2D eigenvalue weighted by molar-refractivity contribution is 7.99. The molecule has 0 aliphatic heterocycles. The SMILES string of the molecule is CC(C)Oc1ccc(Sc2ccc(N)nc2)cc1. The Hall–Kier alpha value is -1.68. The summed E-state index contributed by atoms with van der Waals surface area (Å²) in [5.74, 6) is 1.44. The fourth-order valence-corrected chi connectivity index (χ4v) is 2.23. The zero-order valence-corrected chi connectivity index (χ0v) is 11.3. The van der Waals surface area contributed by atoms with E-state index in [4.69, 9.17) is 10.5 Å². The molecule has 3 nitrogen and oxygen atoms in total. The van der Waals surface area contributed by atoms with Gasteiger partial charge in [0.2, 0.25) is 0 Å². The molecule has 2 N–H and O–H groups in total. The number of aromatic nitrogens is 1. The molecule has 18 heavy (non-hydrogen) atoms. The maximum atomic E-state index is 5.60. The van der Waals surface area contributed by atoms with Gasteiger partial charge in [-0.1, -0.05) is 11.8 Å². The summed E-state index contributed by atoms with van der Waals surface area (Å²) in [5, 5.41) is 0. The lowest BCUT2D eigenvalue weighted by Gasteiger charge is -2.09. The van der Waals surface area contributed by atoms with Crippen molar-refractivity contribution in [1.82, 2.24) is 4.98 Å². The Labute approximate surface area is 111 Å². The van der Waals surface area contributed by atoms with Crippen molar-refractivity contribution in [3.63, 3.8) is 0 Å². The largest absolute Gasteiger partial charge is 0.491 e. The molecule has 0 aliphatic carbocycles. The second-order valence-electron chi connectivity index (χ2n) is 4.16. The van der Waals surface area contributed by atoms with Crippen LogP contribution in [0, 0.1) is 0 Å². The van der Waals surface area contributed by atoms with E-state index < -0.39 is 0 Å². The molecule has 0 atom stereocenters. The maximum Gasteiger partial charge on any atom is 0.123 e. The van der Waals surface area contributed by atoms with E-state index in [1.807, 2.05) is 44.2 Å². The number of nitrogen functional groups attached to an aromatic ring is 1. The Morgan fingerprint density at radius 1 is 1.06 bits per heavy atom. The van der Waals surface area contributed by atoms with Gasteiger partial charge in [-0.05, 0) is 50.2 Å². The molecule has 1 aromatic carbocycles. The van der Waals surface area contributed by atoms with E-state index in [1.54, 1.807) is 24.0 Å². The van der Waals surface area contributed by atoms with E-state index in [0.29, 0.717) is 5.82 Å². The predicted molar refractivity (Wildman–Crippen MR) is 75.0 cm³/mol. The van der Waals surface area contributed by atoms with Crippen molar-refractivity contribution in [3.05, 3.63) is 42.6 Å². The van der Waals surface area contributed by atoms with Crippen LogP contribution in [-0.4, -0.2) is 11.1 Å². The lowest BCUT2D eigenvalue weighted by Crippen LogP contribution is -2.04. The molecule has 1 aromatic heterocycles. The summed E-state index contributed by atoms with van der Waals surface area (Å²) < 4.78 is 5.60. The molecule has 0 fully saturated rings. The molecule has 0 saturated carbocycles. The Morgan fingerprint density at radius 2 is 1.72 bits per heavy atom. The van der Waals surface area contributed by atoms with Gasteiger partial charge in [0.25, 0.3) is 0 Å². The van der Waals surface area contributed by atoms with Crippen molar-refractivity contribution in [2.75, 3.05) is 5.73 Å². The minimum Gasteiger partial charge on any atom is -0.491 e. The number of hydrogen-bond donors (Lipinski definition) is 1. The van der Waals surface area contributed by atoms with E-state index in [1.165, 1.54) is 0 Å². The molecular weight excluding hydrogens is 244 g/mol.